The Balaban J connectivity index is 1.64. The van der Waals surface area contributed by atoms with Crippen molar-refractivity contribution in [2.24, 2.45) is 17.3 Å². The largest absolute Gasteiger partial charge is 0.392 e. The summed E-state index contributed by atoms with van der Waals surface area (Å²) in [5.41, 5.74) is 0.130. The number of piperidine rings is 1. The normalized spacial score (nSPS) is 42.1. The van der Waals surface area contributed by atoms with Crippen molar-refractivity contribution in [3.05, 3.63) is 0 Å². The molecule has 1 heterocycles. The molecule has 0 spiro atoms. The molecular weight excluding hydrogens is 246 g/mol. The molecule has 1 aliphatic heterocycles. The van der Waals surface area contributed by atoms with Crippen LogP contribution >= 0.6 is 0 Å². The van der Waals surface area contributed by atoms with Gasteiger partial charge in [-0.05, 0) is 62.3 Å². The average Bonchev–Trinajstić information content (AvgIpc) is 2.44. The Hall–Kier alpha value is -0.0800. The molecule has 3 fully saturated rings. The molecule has 0 amide bonds. The van der Waals surface area contributed by atoms with E-state index in [1.165, 1.54) is 64.3 Å². The first-order valence-corrected chi connectivity index (χ1v) is 9.00. The van der Waals surface area contributed by atoms with Crippen LogP contribution in [0.1, 0.15) is 71.6 Å². The number of nitrogens with zero attached hydrogens (tertiary/aromatic N) is 1. The summed E-state index contributed by atoms with van der Waals surface area (Å²) >= 11 is 0. The van der Waals surface area contributed by atoms with Crippen LogP contribution in [-0.2, 0) is 0 Å². The van der Waals surface area contributed by atoms with E-state index in [1.807, 2.05) is 0 Å². The zero-order chi connectivity index (χ0) is 14.2. The van der Waals surface area contributed by atoms with Crippen LogP contribution < -0.4 is 0 Å². The van der Waals surface area contributed by atoms with Crippen LogP contribution in [-0.4, -0.2) is 35.2 Å². The van der Waals surface area contributed by atoms with Gasteiger partial charge in [0.25, 0.3) is 0 Å². The summed E-state index contributed by atoms with van der Waals surface area (Å²) in [6.45, 7) is 6.95. The van der Waals surface area contributed by atoms with E-state index in [-0.39, 0.29) is 11.5 Å². The van der Waals surface area contributed by atoms with E-state index in [2.05, 4.69) is 18.7 Å². The monoisotopic (exact) mass is 279 g/mol. The van der Waals surface area contributed by atoms with Crippen molar-refractivity contribution in [3.63, 3.8) is 0 Å². The van der Waals surface area contributed by atoms with E-state index in [0.29, 0.717) is 5.92 Å². The summed E-state index contributed by atoms with van der Waals surface area (Å²) in [7, 11) is 0. The summed E-state index contributed by atoms with van der Waals surface area (Å²) in [4.78, 5) is 2.77. The molecule has 2 heteroatoms. The lowest BCUT2D eigenvalue weighted by molar-refractivity contribution is -0.0569. The van der Waals surface area contributed by atoms with Crippen LogP contribution in [0.3, 0.4) is 0 Å². The molecule has 0 radical (unpaired) electrons. The van der Waals surface area contributed by atoms with Gasteiger partial charge in [-0.15, -0.1) is 0 Å². The minimum absolute atomic E-state index is 0.0970. The number of hydrogen-bond acceptors (Lipinski definition) is 2. The molecule has 116 valence electrons. The van der Waals surface area contributed by atoms with Crippen LogP contribution in [0.2, 0.25) is 0 Å². The third kappa shape index (κ3) is 2.92. The van der Waals surface area contributed by atoms with Gasteiger partial charge < -0.3 is 5.11 Å². The van der Waals surface area contributed by atoms with Gasteiger partial charge in [-0.2, -0.15) is 0 Å². The molecule has 4 atom stereocenters. The fourth-order valence-corrected chi connectivity index (χ4v) is 5.21. The Morgan fingerprint density at radius 2 is 1.75 bits per heavy atom. The molecule has 0 aromatic rings. The quantitative estimate of drug-likeness (QED) is 0.830. The standard InChI is InChI=1S/C18H33NO/c1-18(2)11-5-8-15(17(18)20)13-19-12-6-9-14-7-3-4-10-16(14)19/h14-17,20H,3-13H2,1-2H3/t14-,15?,16-,17?/m1/s1. The highest BCUT2D eigenvalue weighted by molar-refractivity contribution is 4.93. The predicted octanol–water partition coefficient (Wildman–Crippen LogP) is 3.83. The summed E-state index contributed by atoms with van der Waals surface area (Å²) in [6, 6.07) is 0.842. The second-order valence-corrected chi connectivity index (χ2v) is 8.33. The van der Waals surface area contributed by atoms with Gasteiger partial charge in [0.1, 0.15) is 0 Å². The number of fused-ring (bicyclic) bond motifs is 1. The smallest absolute Gasteiger partial charge is 0.0631 e. The molecule has 0 aromatic carbocycles. The van der Waals surface area contributed by atoms with Crippen LogP contribution in [0.4, 0.5) is 0 Å². The highest BCUT2D eigenvalue weighted by atomic mass is 16.3. The number of hydrogen-bond donors (Lipinski definition) is 1. The molecule has 1 saturated heterocycles. The maximum Gasteiger partial charge on any atom is 0.0631 e. The molecule has 2 unspecified atom stereocenters. The number of aliphatic hydroxyl groups is 1. The van der Waals surface area contributed by atoms with Crippen molar-refractivity contribution in [3.8, 4) is 0 Å². The topological polar surface area (TPSA) is 23.5 Å². The zero-order valence-electron chi connectivity index (χ0n) is 13.5. The van der Waals surface area contributed by atoms with Crippen molar-refractivity contribution in [2.45, 2.75) is 83.8 Å². The summed E-state index contributed by atoms with van der Waals surface area (Å²) in [5, 5.41) is 10.7. The molecular formula is C18H33NO. The molecule has 0 bridgehead atoms. The lowest BCUT2D eigenvalue weighted by atomic mass is 9.69. The van der Waals surface area contributed by atoms with Crippen molar-refractivity contribution in [1.29, 1.82) is 0 Å². The van der Waals surface area contributed by atoms with Crippen LogP contribution in [0.5, 0.6) is 0 Å². The van der Waals surface area contributed by atoms with E-state index in [1.54, 1.807) is 0 Å². The first kappa shape index (κ1) is 14.8. The highest BCUT2D eigenvalue weighted by Crippen LogP contribution is 2.41. The lowest BCUT2D eigenvalue weighted by Crippen LogP contribution is -2.52. The van der Waals surface area contributed by atoms with Gasteiger partial charge in [0.05, 0.1) is 6.10 Å². The van der Waals surface area contributed by atoms with Crippen molar-refractivity contribution in [2.75, 3.05) is 13.1 Å². The number of likely N-dealkylation sites (tertiary alicyclic amines) is 1. The van der Waals surface area contributed by atoms with Gasteiger partial charge in [0.15, 0.2) is 0 Å². The highest BCUT2D eigenvalue weighted by Gasteiger charge is 2.40. The van der Waals surface area contributed by atoms with Gasteiger partial charge in [-0.25, -0.2) is 0 Å². The molecule has 2 nitrogen and oxygen atoms in total. The van der Waals surface area contributed by atoms with E-state index in [0.717, 1.165) is 18.5 Å². The SMILES string of the molecule is CC1(C)CCCC(CN2CCC[C@H]3CCCC[C@H]32)C1O. The summed E-state index contributed by atoms with van der Waals surface area (Å²) in [5.74, 6) is 1.48. The Labute approximate surface area is 124 Å². The first-order chi connectivity index (χ1) is 9.58. The Kier molecular flexibility index (Phi) is 4.42. The fourth-order valence-electron chi connectivity index (χ4n) is 5.21. The average molecular weight is 279 g/mol. The number of aliphatic hydroxyl groups excluding tert-OH is 1. The zero-order valence-corrected chi connectivity index (χ0v) is 13.5. The van der Waals surface area contributed by atoms with Gasteiger partial charge in [-0.3, -0.25) is 4.90 Å². The number of rotatable bonds is 2. The molecule has 2 saturated carbocycles. The lowest BCUT2D eigenvalue weighted by Gasteiger charge is -2.48. The van der Waals surface area contributed by atoms with Gasteiger partial charge in [0.2, 0.25) is 0 Å². The van der Waals surface area contributed by atoms with Crippen molar-refractivity contribution < 1.29 is 5.11 Å². The molecule has 3 rings (SSSR count). The van der Waals surface area contributed by atoms with Gasteiger partial charge in [-0.1, -0.05) is 33.1 Å². The van der Waals surface area contributed by atoms with E-state index in [9.17, 15) is 5.11 Å². The Morgan fingerprint density at radius 3 is 2.60 bits per heavy atom. The Bertz CT molecular complexity index is 325. The van der Waals surface area contributed by atoms with Gasteiger partial charge >= 0.3 is 0 Å². The van der Waals surface area contributed by atoms with Crippen molar-refractivity contribution >= 4 is 0 Å². The minimum atomic E-state index is -0.0970. The van der Waals surface area contributed by atoms with E-state index < -0.39 is 0 Å². The third-order valence-electron chi connectivity index (χ3n) is 6.47. The van der Waals surface area contributed by atoms with E-state index >= 15 is 0 Å². The maximum atomic E-state index is 10.7. The fraction of sp³-hybridized carbons (Fsp3) is 1.00. The molecule has 1 N–H and O–H groups in total. The Morgan fingerprint density at radius 1 is 1.00 bits per heavy atom. The molecule has 2 aliphatic carbocycles. The second kappa shape index (κ2) is 5.96. The molecule has 0 aromatic heterocycles. The maximum absolute atomic E-state index is 10.7. The van der Waals surface area contributed by atoms with Crippen LogP contribution in [0.15, 0.2) is 0 Å². The molecule has 20 heavy (non-hydrogen) atoms. The second-order valence-electron chi connectivity index (χ2n) is 8.33. The van der Waals surface area contributed by atoms with Crippen molar-refractivity contribution in [1.82, 2.24) is 4.90 Å². The predicted molar refractivity (Wildman–Crippen MR) is 83.7 cm³/mol. The molecule has 3 aliphatic rings. The third-order valence-corrected chi connectivity index (χ3v) is 6.47. The summed E-state index contributed by atoms with van der Waals surface area (Å²) in [6.07, 6.45) is 12.2. The van der Waals surface area contributed by atoms with Crippen LogP contribution in [0.25, 0.3) is 0 Å². The summed E-state index contributed by atoms with van der Waals surface area (Å²) < 4.78 is 0. The van der Waals surface area contributed by atoms with E-state index in [4.69, 9.17) is 0 Å². The first-order valence-electron chi connectivity index (χ1n) is 9.00. The minimum Gasteiger partial charge on any atom is -0.392 e. The van der Waals surface area contributed by atoms with Crippen LogP contribution in [0, 0.1) is 17.3 Å². The van der Waals surface area contributed by atoms with Gasteiger partial charge in [0, 0.05) is 12.6 Å².